The van der Waals surface area contributed by atoms with Gasteiger partial charge in [-0.05, 0) is 0 Å². The molecule has 56 valence electrons. The highest BCUT2D eigenvalue weighted by molar-refractivity contribution is 4.60. The van der Waals surface area contributed by atoms with Gasteiger partial charge in [-0.15, -0.1) is 0 Å². The van der Waals surface area contributed by atoms with E-state index in [2.05, 4.69) is 5.32 Å². The first kappa shape index (κ1) is 8.81. The molecule has 0 aromatic rings. The zero-order valence-corrected chi connectivity index (χ0v) is 5.73. The van der Waals surface area contributed by atoms with Gasteiger partial charge in [0.1, 0.15) is 0 Å². The highest BCUT2D eigenvalue weighted by Gasteiger charge is 2.01. The Morgan fingerprint density at radius 3 is 2.00 bits per heavy atom. The number of nitrogens with two attached hydrogens (primary N) is 1. The summed E-state index contributed by atoms with van der Waals surface area (Å²) in [5.41, 5.74) is 0. The molecular formula is C5H14FN3. The number of alkyl halides is 1. The molecule has 1 heterocycles. The number of nitrogens with one attached hydrogen (secondary N) is 1. The van der Waals surface area contributed by atoms with Crippen LogP contribution >= 0.6 is 0 Å². The summed E-state index contributed by atoms with van der Waals surface area (Å²) in [6, 6.07) is 0. The van der Waals surface area contributed by atoms with Gasteiger partial charge in [0.2, 0.25) is 0 Å². The molecule has 0 unspecified atom stereocenters. The molecule has 1 aliphatic heterocycles. The van der Waals surface area contributed by atoms with E-state index in [4.69, 9.17) is 5.84 Å². The Morgan fingerprint density at radius 2 is 1.78 bits per heavy atom. The van der Waals surface area contributed by atoms with Crippen molar-refractivity contribution in [2.45, 2.75) is 0 Å². The van der Waals surface area contributed by atoms with Crippen LogP contribution in [-0.2, 0) is 0 Å². The van der Waals surface area contributed by atoms with Crippen molar-refractivity contribution in [1.82, 2.24) is 10.3 Å². The molecule has 4 heteroatoms. The molecule has 3 N–H and O–H groups in total. The van der Waals surface area contributed by atoms with Crippen molar-refractivity contribution in [3.63, 3.8) is 0 Å². The third kappa shape index (κ3) is 4.32. The topological polar surface area (TPSA) is 41.3 Å². The molecule has 3 nitrogen and oxygen atoms in total. The second-order valence-corrected chi connectivity index (χ2v) is 1.79. The number of hydrogen-bond acceptors (Lipinski definition) is 3. The van der Waals surface area contributed by atoms with Crippen LogP contribution in [0.25, 0.3) is 0 Å². The van der Waals surface area contributed by atoms with Crippen molar-refractivity contribution in [3.8, 4) is 0 Å². The smallest absolute Gasteiger partial charge is 0.0785 e. The van der Waals surface area contributed by atoms with E-state index in [0.717, 1.165) is 26.2 Å². The fourth-order valence-electron chi connectivity index (χ4n) is 0.682. The third-order valence-corrected chi connectivity index (χ3v) is 1.15. The van der Waals surface area contributed by atoms with Crippen LogP contribution in [0, 0.1) is 0 Å². The Kier molecular flexibility index (Phi) is 5.81. The second kappa shape index (κ2) is 5.94. The van der Waals surface area contributed by atoms with Crippen molar-refractivity contribution in [3.05, 3.63) is 0 Å². The van der Waals surface area contributed by atoms with Crippen molar-refractivity contribution in [2.75, 3.05) is 33.4 Å². The maximum atomic E-state index is 9.50. The summed E-state index contributed by atoms with van der Waals surface area (Å²) >= 11 is 0. The Hall–Kier alpha value is -0.190. The van der Waals surface area contributed by atoms with Gasteiger partial charge in [-0.1, -0.05) is 0 Å². The first-order chi connectivity index (χ1) is 4.39. The van der Waals surface area contributed by atoms with E-state index in [1.807, 2.05) is 5.01 Å². The Morgan fingerprint density at radius 1 is 1.33 bits per heavy atom. The molecule has 0 atom stereocenters. The van der Waals surface area contributed by atoms with Gasteiger partial charge in [0.25, 0.3) is 0 Å². The lowest BCUT2D eigenvalue weighted by molar-refractivity contribution is 0.248. The zero-order chi connectivity index (χ0) is 7.11. The Bertz CT molecular complexity index is 54.2. The molecule has 1 aliphatic rings. The van der Waals surface area contributed by atoms with E-state index >= 15 is 0 Å². The van der Waals surface area contributed by atoms with E-state index in [9.17, 15) is 4.39 Å². The van der Waals surface area contributed by atoms with Crippen LogP contribution in [-0.4, -0.2) is 38.4 Å². The van der Waals surface area contributed by atoms with Gasteiger partial charge in [0, 0.05) is 26.2 Å². The summed E-state index contributed by atoms with van der Waals surface area (Å²) in [7, 11) is 0.500. The number of hydrazine groups is 1. The lowest BCUT2D eigenvalue weighted by atomic mass is 10.4. The van der Waals surface area contributed by atoms with Gasteiger partial charge in [-0.3, -0.25) is 10.2 Å². The Labute approximate surface area is 55.0 Å². The molecule has 0 radical (unpaired) electrons. The van der Waals surface area contributed by atoms with Crippen LogP contribution in [0.3, 0.4) is 0 Å². The van der Waals surface area contributed by atoms with E-state index < -0.39 is 0 Å². The van der Waals surface area contributed by atoms with Crippen LogP contribution < -0.4 is 11.2 Å². The molecular weight excluding hydrogens is 121 g/mol. The first-order valence-electron chi connectivity index (χ1n) is 2.98. The molecule has 0 spiro atoms. The lowest BCUT2D eigenvalue weighted by Gasteiger charge is -2.21. The second-order valence-electron chi connectivity index (χ2n) is 1.79. The molecule has 9 heavy (non-hydrogen) atoms. The lowest BCUT2D eigenvalue weighted by Crippen LogP contribution is -2.47. The van der Waals surface area contributed by atoms with E-state index in [1.165, 1.54) is 0 Å². The monoisotopic (exact) mass is 135 g/mol. The molecule has 1 fully saturated rings. The fourth-order valence-corrected chi connectivity index (χ4v) is 0.682. The highest BCUT2D eigenvalue weighted by atomic mass is 19.1. The summed E-state index contributed by atoms with van der Waals surface area (Å²) in [5.74, 6) is 5.43. The average molecular weight is 135 g/mol. The molecule has 1 rings (SSSR count). The minimum atomic E-state index is 0.500. The minimum absolute atomic E-state index is 0.500. The first-order valence-corrected chi connectivity index (χ1v) is 2.98. The number of nitrogens with zero attached hydrogens (tertiary/aromatic N) is 1. The van der Waals surface area contributed by atoms with E-state index in [1.54, 1.807) is 0 Å². The normalized spacial score (nSPS) is 20.3. The molecule has 0 amide bonds. The Balaban J connectivity index is 0.000000291. The molecule has 0 aromatic carbocycles. The van der Waals surface area contributed by atoms with E-state index in [-0.39, 0.29) is 0 Å². The molecule has 0 aliphatic carbocycles. The van der Waals surface area contributed by atoms with Gasteiger partial charge >= 0.3 is 0 Å². The molecule has 0 aromatic heterocycles. The fraction of sp³-hybridized carbons (Fsp3) is 1.00. The SMILES string of the molecule is CF.NN1CCNCC1. The molecule has 0 saturated carbocycles. The van der Waals surface area contributed by atoms with Crippen molar-refractivity contribution in [1.29, 1.82) is 0 Å². The van der Waals surface area contributed by atoms with Crippen molar-refractivity contribution >= 4 is 0 Å². The van der Waals surface area contributed by atoms with Crippen LogP contribution in [0.5, 0.6) is 0 Å². The number of piperazine rings is 1. The molecule has 1 saturated heterocycles. The van der Waals surface area contributed by atoms with Crippen molar-refractivity contribution < 1.29 is 4.39 Å². The van der Waals surface area contributed by atoms with Crippen LogP contribution in [0.15, 0.2) is 0 Å². The summed E-state index contributed by atoms with van der Waals surface area (Å²) in [6.07, 6.45) is 0. The number of hydrogen-bond donors (Lipinski definition) is 2. The third-order valence-electron chi connectivity index (χ3n) is 1.15. The van der Waals surface area contributed by atoms with Gasteiger partial charge in [0.05, 0.1) is 7.18 Å². The zero-order valence-electron chi connectivity index (χ0n) is 5.73. The summed E-state index contributed by atoms with van der Waals surface area (Å²) in [6.45, 7) is 4.05. The number of halogens is 1. The predicted octanol–water partition coefficient (Wildman–Crippen LogP) is -0.649. The number of rotatable bonds is 0. The summed E-state index contributed by atoms with van der Waals surface area (Å²) < 4.78 is 9.50. The van der Waals surface area contributed by atoms with Crippen LogP contribution in [0.1, 0.15) is 0 Å². The van der Waals surface area contributed by atoms with Gasteiger partial charge in [0.15, 0.2) is 0 Å². The van der Waals surface area contributed by atoms with E-state index in [0.29, 0.717) is 7.18 Å². The highest BCUT2D eigenvalue weighted by Crippen LogP contribution is 1.79. The average Bonchev–Trinajstić information content (AvgIpc) is 1.94. The standard InChI is InChI=1S/C4H11N3.CH3F/c5-7-3-1-6-2-4-7;1-2/h6H,1-5H2;1H3. The van der Waals surface area contributed by atoms with Gasteiger partial charge in [-0.2, -0.15) is 0 Å². The van der Waals surface area contributed by atoms with Gasteiger partial charge < -0.3 is 5.32 Å². The summed E-state index contributed by atoms with van der Waals surface area (Å²) in [4.78, 5) is 0. The van der Waals surface area contributed by atoms with Crippen molar-refractivity contribution in [2.24, 2.45) is 5.84 Å². The van der Waals surface area contributed by atoms with Crippen LogP contribution in [0.4, 0.5) is 4.39 Å². The predicted molar refractivity (Wildman–Crippen MR) is 35.7 cm³/mol. The van der Waals surface area contributed by atoms with Gasteiger partial charge in [-0.25, -0.2) is 5.01 Å². The maximum Gasteiger partial charge on any atom is 0.0785 e. The van der Waals surface area contributed by atoms with Crippen LogP contribution in [0.2, 0.25) is 0 Å². The summed E-state index contributed by atoms with van der Waals surface area (Å²) in [5, 5.41) is 5.02. The quantitative estimate of drug-likeness (QED) is 0.434. The minimum Gasteiger partial charge on any atom is -0.314 e. The molecule has 0 bridgehead atoms. The maximum absolute atomic E-state index is 9.50. The largest absolute Gasteiger partial charge is 0.314 e.